The molecule has 0 aromatic carbocycles. The predicted octanol–water partition coefficient (Wildman–Crippen LogP) is 6.28. The second-order valence-electron chi connectivity index (χ2n) is 6.24. The van der Waals surface area contributed by atoms with E-state index < -0.39 is 29.3 Å². The van der Waals surface area contributed by atoms with Crippen molar-refractivity contribution in [3.8, 4) is 0 Å². The quantitative estimate of drug-likeness (QED) is 0.411. The largest absolute Gasteiger partial charge is 0.407 e. The Morgan fingerprint density at radius 3 is 1.91 bits per heavy atom. The number of hydrogen-bond acceptors (Lipinski definition) is 0. The number of hydrogen-bond donors (Lipinski definition) is 0. The SMILES string of the molecule is CC1=C=CC(C(C2=CC=C(C)CC2)(C(F)(F)F)C(F)(F)F)CC1. The summed E-state index contributed by atoms with van der Waals surface area (Å²) in [6.07, 6.45) is -7.49. The van der Waals surface area contributed by atoms with E-state index in [9.17, 15) is 26.3 Å². The monoisotopic (exact) mass is 336 g/mol. The minimum atomic E-state index is -5.41. The smallest absolute Gasteiger partial charge is 0.170 e. The molecule has 6 heteroatoms. The van der Waals surface area contributed by atoms with Gasteiger partial charge in [-0.2, -0.15) is 26.3 Å². The summed E-state index contributed by atoms with van der Waals surface area (Å²) >= 11 is 0. The molecule has 0 spiro atoms. The van der Waals surface area contributed by atoms with Crippen LogP contribution in [0.3, 0.4) is 0 Å². The average molecular weight is 336 g/mol. The third-order valence-corrected chi connectivity index (χ3v) is 4.68. The summed E-state index contributed by atoms with van der Waals surface area (Å²) < 4.78 is 82.8. The summed E-state index contributed by atoms with van der Waals surface area (Å²) in [5, 5.41) is 0. The summed E-state index contributed by atoms with van der Waals surface area (Å²) in [4.78, 5) is 0. The van der Waals surface area contributed by atoms with Gasteiger partial charge < -0.3 is 0 Å². The van der Waals surface area contributed by atoms with Gasteiger partial charge in [-0.25, -0.2) is 0 Å². The van der Waals surface area contributed by atoms with Crippen molar-refractivity contribution in [3.63, 3.8) is 0 Å². The molecule has 0 amide bonds. The van der Waals surface area contributed by atoms with E-state index in [1.807, 2.05) is 0 Å². The molecular formula is C17H18F6. The van der Waals surface area contributed by atoms with Crippen LogP contribution in [-0.2, 0) is 0 Å². The van der Waals surface area contributed by atoms with Crippen LogP contribution in [0.4, 0.5) is 26.3 Å². The van der Waals surface area contributed by atoms with Crippen LogP contribution in [0.2, 0.25) is 0 Å². The van der Waals surface area contributed by atoms with Crippen molar-refractivity contribution in [3.05, 3.63) is 40.7 Å². The minimum absolute atomic E-state index is 0.183. The maximum Gasteiger partial charge on any atom is 0.407 e. The molecule has 0 aliphatic heterocycles. The minimum Gasteiger partial charge on any atom is -0.170 e. The molecule has 0 aromatic heterocycles. The lowest BCUT2D eigenvalue weighted by molar-refractivity contribution is -0.339. The normalized spacial score (nSPS) is 23.3. The van der Waals surface area contributed by atoms with E-state index in [1.54, 1.807) is 13.8 Å². The topological polar surface area (TPSA) is 0 Å². The molecule has 1 atom stereocenters. The first-order valence-electron chi connectivity index (χ1n) is 7.42. The van der Waals surface area contributed by atoms with E-state index in [4.69, 9.17) is 0 Å². The summed E-state index contributed by atoms with van der Waals surface area (Å²) in [7, 11) is 0. The fourth-order valence-corrected chi connectivity index (χ4v) is 3.37. The molecule has 2 aliphatic rings. The number of halogens is 6. The van der Waals surface area contributed by atoms with Crippen LogP contribution in [0.5, 0.6) is 0 Å². The Bertz CT molecular complexity index is 580. The fraction of sp³-hybridized carbons (Fsp3) is 0.588. The van der Waals surface area contributed by atoms with Gasteiger partial charge in [-0.1, -0.05) is 17.7 Å². The van der Waals surface area contributed by atoms with Crippen molar-refractivity contribution in [1.82, 2.24) is 0 Å². The number of alkyl halides is 6. The Balaban J connectivity index is 2.70. The van der Waals surface area contributed by atoms with E-state index in [2.05, 4.69) is 5.73 Å². The Kier molecular flexibility index (Phi) is 4.60. The molecule has 128 valence electrons. The second kappa shape index (κ2) is 5.90. The van der Waals surface area contributed by atoms with Gasteiger partial charge in [0.2, 0.25) is 0 Å². The molecule has 0 aromatic rings. The van der Waals surface area contributed by atoms with Gasteiger partial charge in [0, 0.05) is 5.92 Å². The van der Waals surface area contributed by atoms with E-state index in [1.165, 1.54) is 6.08 Å². The first kappa shape index (κ1) is 17.9. The highest BCUT2D eigenvalue weighted by Gasteiger charge is 2.74. The van der Waals surface area contributed by atoms with Gasteiger partial charge in [-0.05, 0) is 56.8 Å². The lowest BCUT2D eigenvalue weighted by atomic mass is 9.63. The molecule has 0 heterocycles. The highest BCUT2D eigenvalue weighted by atomic mass is 19.4. The zero-order valence-electron chi connectivity index (χ0n) is 12.9. The molecule has 0 saturated carbocycles. The lowest BCUT2D eigenvalue weighted by Gasteiger charge is -2.45. The van der Waals surface area contributed by atoms with Gasteiger partial charge in [-0.15, -0.1) is 5.73 Å². The van der Waals surface area contributed by atoms with Gasteiger partial charge >= 0.3 is 12.4 Å². The van der Waals surface area contributed by atoms with E-state index in [0.29, 0.717) is 5.57 Å². The highest BCUT2D eigenvalue weighted by molar-refractivity contribution is 5.34. The Hall–Kier alpha value is -1.42. The van der Waals surface area contributed by atoms with E-state index in [0.717, 1.165) is 17.7 Å². The highest BCUT2D eigenvalue weighted by Crippen LogP contribution is 2.62. The average Bonchev–Trinajstić information content (AvgIpc) is 2.40. The first-order chi connectivity index (χ1) is 10.5. The molecule has 2 aliphatic carbocycles. The Labute approximate surface area is 131 Å². The van der Waals surface area contributed by atoms with Crippen molar-refractivity contribution < 1.29 is 26.3 Å². The lowest BCUT2D eigenvalue weighted by Crippen LogP contribution is -2.56. The molecule has 0 saturated heterocycles. The molecule has 0 radical (unpaired) electrons. The molecular weight excluding hydrogens is 318 g/mol. The van der Waals surface area contributed by atoms with E-state index in [-0.39, 0.29) is 25.7 Å². The number of allylic oxidation sites excluding steroid dienone is 5. The van der Waals surface area contributed by atoms with Crippen molar-refractivity contribution in [2.45, 2.75) is 51.9 Å². The summed E-state index contributed by atoms with van der Waals surface area (Å²) in [6.45, 7) is 3.35. The fourth-order valence-electron chi connectivity index (χ4n) is 3.37. The zero-order valence-corrected chi connectivity index (χ0v) is 12.9. The first-order valence-corrected chi connectivity index (χ1v) is 7.42. The number of rotatable bonds is 2. The molecule has 0 fully saturated rings. The third-order valence-electron chi connectivity index (χ3n) is 4.68. The maximum absolute atomic E-state index is 13.8. The van der Waals surface area contributed by atoms with Gasteiger partial charge in [0.05, 0.1) is 0 Å². The Morgan fingerprint density at radius 2 is 1.52 bits per heavy atom. The molecule has 0 N–H and O–H groups in total. The van der Waals surface area contributed by atoms with Crippen LogP contribution < -0.4 is 0 Å². The van der Waals surface area contributed by atoms with Crippen LogP contribution in [-0.4, -0.2) is 12.4 Å². The molecule has 2 rings (SSSR count). The second-order valence-corrected chi connectivity index (χ2v) is 6.24. The third kappa shape index (κ3) is 3.01. The summed E-state index contributed by atoms with van der Waals surface area (Å²) in [5.41, 5.74) is -0.389. The van der Waals surface area contributed by atoms with Crippen molar-refractivity contribution in [2.75, 3.05) is 0 Å². The van der Waals surface area contributed by atoms with Crippen LogP contribution in [0, 0.1) is 11.3 Å². The van der Waals surface area contributed by atoms with Gasteiger partial charge in [0.15, 0.2) is 5.41 Å². The van der Waals surface area contributed by atoms with Crippen molar-refractivity contribution in [1.29, 1.82) is 0 Å². The summed E-state index contributed by atoms with van der Waals surface area (Å²) in [6, 6.07) is 0. The van der Waals surface area contributed by atoms with Crippen LogP contribution in [0.25, 0.3) is 0 Å². The van der Waals surface area contributed by atoms with Crippen LogP contribution in [0.15, 0.2) is 40.7 Å². The van der Waals surface area contributed by atoms with E-state index >= 15 is 0 Å². The van der Waals surface area contributed by atoms with Crippen molar-refractivity contribution in [2.24, 2.45) is 11.3 Å². The molecule has 0 nitrogen and oxygen atoms in total. The summed E-state index contributed by atoms with van der Waals surface area (Å²) in [5.74, 6) is -1.68. The zero-order chi connectivity index (χ0) is 17.5. The Morgan fingerprint density at radius 1 is 0.913 bits per heavy atom. The molecule has 0 bridgehead atoms. The van der Waals surface area contributed by atoms with Crippen LogP contribution >= 0.6 is 0 Å². The van der Waals surface area contributed by atoms with Gasteiger partial charge in [-0.3, -0.25) is 0 Å². The van der Waals surface area contributed by atoms with Gasteiger partial charge in [0.25, 0.3) is 0 Å². The standard InChI is InChI=1S/C17H18F6/c1-11-3-7-13(8-4-11)15(16(18,19)20,17(21,22)23)14-9-5-12(2)6-10-14/h3,7,10,14H,4-5,8-9H2,1-2H3. The molecule has 1 unspecified atom stereocenters. The maximum atomic E-state index is 13.8. The van der Waals surface area contributed by atoms with Gasteiger partial charge in [0.1, 0.15) is 0 Å². The molecule has 23 heavy (non-hydrogen) atoms. The van der Waals surface area contributed by atoms with Crippen LogP contribution in [0.1, 0.15) is 39.5 Å². The van der Waals surface area contributed by atoms with Crippen molar-refractivity contribution >= 4 is 0 Å². The predicted molar refractivity (Wildman–Crippen MR) is 75.6 cm³/mol.